The Morgan fingerprint density at radius 1 is 1.29 bits per heavy atom. The molecule has 1 N–H and O–H groups in total. The van der Waals surface area contributed by atoms with Crippen LogP contribution in [0.3, 0.4) is 0 Å². The summed E-state index contributed by atoms with van der Waals surface area (Å²) >= 11 is 3.31. The van der Waals surface area contributed by atoms with Gasteiger partial charge in [0, 0.05) is 21.8 Å². The highest BCUT2D eigenvalue weighted by atomic mass is 79.9. The van der Waals surface area contributed by atoms with Crippen LogP contribution in [-0.2, 0) is 0 Å². The smallest absolute Gasteiger partial charge is 0.305 e. The van der Waals surface area contributed by atoms with E-state index < -0.39 is 22.3 Å². The number of aryl methyl sites for hydroxylation is 1. The van der Waals surface area contributed by atoms with Crippen molar-refractivity contribution in [3.05, 3.63) is 67.9 Å². The van der Waals surface area contributed by atoms with Crippen LogP contribution in [0.2, 0.25) is 0 Å². The molecule has 0 aromatic heterocycles. The van der Waals surface area contributed by atoms with Gasteiger partial charge in [-0.3, -0.25) is 14.9 Å². The molecule has 0 fully saturated rings. The molecular weight excluding hydrogens is 343 g/mol. The van der Waals surface area contributed by atoms with Crippen molar-refractivity contribution in [3.63, 3.8) is 0 Å². The van der Waals surface area contributed by atoms with Gasteiger partial charge in [-0.1, -0.05) is 15.9 Å². The van der Waals surface area contributed by atoms with E-state index in [1.807, 2.05) is 13.0 Å². The van der Waals surface area contributed by atoms with Gasteiger partial charge in [0.2, 0.25) is 5.82 Å². The number of halogens is 2. The van der Waals surface area contributed by atoms with E-state index in [2.05, 4.69) is 21.2 Å². The van der Waals surface area contributed by atoms with Crippen LogP contribution in [0.1, 0.15) is 15.9 Å². The van der Waals surface area contributed by atoms with Crippen molar-refractivity contribution < 1.29 is 14.1 Å². The number of nitro groups is 1. The zero-order valence-electron chi connectivity index (χ0n) is 10.9. The standard InChI is InChI=1S/C14H10BrFN2O3/c1-8-4-10(15)7-11(5-8)17-14(19)9-2-3-12(16)13(6-9)18(20)21/h2-7H,1H3,(H,17,19). The number of nitrogens with zero attached hydrogens (tertiary/aromatic N) is 1. The highest BCUT2D eigenvalue weighted by Gasteiger charge is 2.17. The van der Waals surface area contributed by atoms with E-state index in [1.54, 1.807) is 12.1 Å². The average Bonchev–Trinajstić information content (AvgIpc) is 2.37. The van der Waals surface area contributed by atoms with Gasteiger partial charge in [-0.05, 0) is 42.8 Å². The number of hydrogen-bond donors (Lipinski definition) is 1. The van der Waals surface area contributed by atoms with Crippen LogP contribution in [0.15, 0.2) is 40.9 Å². The van der Waals surface area contributed by atoms with E-state index in [-0.39, 0.29) is 5.56 Å². The summed E-state index contributed by atoms with van der Waals surface area (Å²) in [6, 6.07) is 8.33. The maximum atomic E-state index is 13.2. The Kier molecular flexibility index (Phi) is 4.32. The number of nitro benzene ring substituents is 1. The van der Waals surface area contributed by atoms with Gasteiger partial charge in [0.15, 0.2) is 0 Å². The Balaban J connectivity index is 2.28. The summed E-state index contributed by atoms with van der Waals surface area (Å²) in [4.78, 5) is 21.9. The van der Waals surface area contributed by atoms with Crippen molar-refractivity contribution in [1.82, 2.24) is 0 Å². The van der Waals surface area contributed by atoms with Gasteiger partial charge in [-0.25, -0.2) is 0 Å². The molecule has 0 aliphatic carbocycles. The van der Waals surface area contributed by atoms with Crippen LogP contribution in [0.25, 0.3) is 0 Å². The van der Waals surface area contributed by atoms with Crippen LogP contribution >= 0.6 is 15.9 Å². The Bertz CT molecular complexity index is 714. The molecule has 0 radical (unpaired) electrons. The average molecular weight is 353 g/mol. The summed E-state index contributed by atoms with van der Waals surface area (Å²) in [6.45, 7) is 1.86. The first kappa shape index (κ1) is 15.1. The molecule has 2 aromatic carbocycles. The maximum absolute atomic E-state index is 13.2. The second kappa shape index (κ2) is 6.01. The Morgan fingerprint density at radius 3 is 2.62 bits per heavy atom. The number of carbonyl (C=O) groups excluding carboxylic acids is 1. The Hall–Kier alpha value is -2.28. The van der Waals surface area contributed by atoms with E-state index in [9.17, 15) is 19.3 Å². The van der Waals surface area contributed by atoms with E-state index >= 15 is 0 Å². The van der Waals surface area contributed by atoms with Crippen LogP contribution in [-0.4, -0.2) is 10.8 Å². The number of rotatable bonds is 3. The second-order valence-electron chi connectivity index (χ2n) is 4.39. The van der Waals surface area contributed by atoms with E-state index in [0.29, 0.717) is 5.69 Å². The van der Waals surface area contributed by atoms with Crippen molar-refractivity contribution in [2.75, 3.05) is 5.32 Å². The molecule has 0 spiro atoms. The molecule has 108 valence electrons. The third-order valence-electron chi connectivity index (χ3n) is 2.71. The normalized spacial score (nSPS) is 10.2. The number of hydrogen-bond acceptors (Lipinski definition) is 3. The highest BCUT2D eigenvalue weighted by molar-refractivity contribution is 9.10. The van der Waals surface area contributed by atoms with Gasteiger partial charge in [0.25, 0.3) is 5.91 Å². The number of nitrogens with one attached hydrogen (secondary N) is 1. The Morgan fingerprint density at radius 2 is 2.00 bits per heavy atom. The lowest BCUT2D eigenvalue weighted by Gasteiger charge is -2.07. The molecule has 2 aromatic rings. The van der Waals surface area contributed by atoms with Crippen LogP contribution in [0.4, 0.5) is 15.8 Å². The number of amides is 1. The predicted molar refractivity (Wildman–Crippen MR) is 79.9 cm³/mol. The summed E-state index contributed by atoms with van der Waals surface area (Å²) < 4.78 is 14.0. The van der Waals surface area contributed by atoms with E-state index in [4.69, 9.17) is 0 Å². The molecule has 0 saturated heterocycles. The fourth-order valence-electron chi connectivity index (χ4n) is 1.81. The molecule has 2 rings (SSSR count). The van der Waals surface area contributed by atoms with Gasteiger partial charge < -0.3 is 5.32 Å². The van der Waals surface area contributed by atoms with E-state index in [0.717, 1.165) is 22.2 Å². The van der Waals surface area contributed by atoms with Gasteiger partial charge in [0.05, 0.1) is 4.92 Å². The minimum absolute atomic E-state index is 0.0146. The molecule has 21 heavy (non-hydrogen) atoms. The van der Waals surface area contributed by atoms with Gasteiger partial charge >= 0.3 is 5.69 Å². The first-order valence-electron chi connectivity index (χ1n) is 5.89. The topological polar surface area (TPSA) is 72.2 Å². The molecule has 5 nitrogen and oxygen atoms in total. The first-order chi connectivity index (χ1) is 9.86. The SMILES string of the molecule is Cc1cc(Br)cc(NC(=O)c2ccc(F)c([N+](=O)[O-])c2)c1. The molecule has 0 unspecified atom stereocenters. The quantitative estimate of drug-likeness (QED) is 0.668. The molecule has 0 aliphatic rings. The largest absolute Gasteiger partial charge is 0.322 e. The third-order valence-corrected chi connectivity index (χ3v) is 3.16. The molecular formula is C14H10BrFN2O3. The third kappa shape index (κ3) is 3.63. The lowest BCUT2D eigenvalue weighted by molar-refractivity contribution is -0.387. The van der Waals surface area contributed by atoms with Gasteiger partial charge in [-0.15, -0.1) is 0 Å². The number of benzene rings is 2. The number of carbonyl (C=O) groups is 1. The van der Waals surface area contributed by atoms with Gasteiger partial charge in [-0.2, -0.15) is 4.39 Å². The first-order valence-corrected chi connectivity index (χ1v) is 6.68. The minimum Gasteiger partial charge on any atom is -0.322 e. The predicted octanol–water partition coefficient (Wildman–Crippen LogP) is 4.06. The summed E-state index contributed by atoms with van der Waals surface area (Å²) in [6.07, 6.45) is 0. The molecule has 1 amide bonds. The monoisotopic (exact) mass is 352 g/mol. The zero-order valence-corrected chi connectivity index (χ0v) is 12.5. The van der Waals surface area contributed by atoms with Crippen molar-refractivity contribution in [3.8, 4) is 0 Å². The lowest BCUT2D eigenvalue weighted by Crippen LogP contribution is -2.12. The van der Waals surface area contributed by atoms with Gasteiger partial charge in [0.1, 0.15) is 0 Å². The molecule has 0 atom stereocenters. The summed E-state index contributed by atoms with van der Waals surface area (Å²) in [5.41, 5.74) is 0.761. The fraction of sp³-hybridized carbons (Fsp3) is 0.0714. The highest BCUT2D eigenvalue weighted by Crippen LogP contribution is 2.22. The van der Waals surface area contributed by atoms with Crippen molar-refractivity contribution in [2.45, 2.75) is 6.92 Å². The molecule has 0 heterocycles. The second-order valence-corrected chi connectivity index (χ2v) is 5.31. The van der Waals surface area contributed by atoms with Crippen LogP contribution in [0, 0.1) is 22.9 Å². The summed E-state index contributed by atoms with van der Waals surface area (Å²) in [7, 11) is 0. The minimum atomic E-state index is -0.977. The molecule has 7 heteroatoms. The molecule has 0 bridgehead atoms. The zero-order chi connectivity index (χ0) is 15.6. The number of anilines is 1. The Labute approximate surface area is 128 Å². The van der Waals surface area contributed by atoms with Crippen LogP contribution in [0.5, 0.6) is 0 Å². The molecule has 0 aliphatic heterocycles. The fourth-order valence-corrected chi connectivity index (χ4v) is 2.41. The van der Waals surface area contributed by atoms with Crippen molar-refractivity contribution >= 4 is 33.2 Å². The van der Waals surface area contributed by atoms with Crippen molar-refractivity contribution in [1.29, 1.82) is 0 Å². The maximum Gasteiger partial charge on any atom is 0.305 e. The van der Waals surface area contributed by atoms with Crippen LogP contribution < -0.4 is 5.32 Å². The lowest BCUT2D eigenvalue weighted by atomic mass is 10.1. The summed E-state index contributed by atoms with van der Waals surface area (Å²) in [5.74, 6) is -1.52. The van der Waals surface area contributed by atoms with E-state index in [1.165, 1.54) is 6.07 Å². The molecule has 0 saturated carbocycles. The summed E-state index contributed by atoms with van der Waals surface area (Å²) in [5, 5.41) is 13.3. The van der Waals surface area contributed by atoms with Crippen molar-refractivity contribution in [2.24, 2.45) is 0 Å².